The zero-order valence-electron chi connectivity index (χ0n) is 11.2. The number of anilines is 2. The van der Waals surface area contributed by atoms with E-state index in [0.29, 0.717) is 22.2 Å². The van der Waals surface area contributed by atoms with Gasteiger partial charge in [0.1, 0.15) is 11.4 Å². The Labute approximate surface area is 130 Å². The molecule has 0 saturated carbocycles. The Kier molecular flexibility index (Phi) is 3.71. The molecule has 0 unspecified atom stereocenters. The van der Waals surface area contributed by atoms with Gasteiger partial charge in [-0.05, 0) is 24.3 Å². The summed E-state index contributed by atoms with van der Waals surface area (Å²) in [6.07, 6.45) is 4.53. The second kappa shape index (κ2) is 5.82. The van der Waals surface area contributed by atoms with Crippen molar-refractivity contribution in [2.45, 2.75) is 0 Å². The summed E-state index contributed by atoms with van der Waals surface area (Å²) in [5, 5.41) is 3.47. The van der Waals surface area contributed by atoms with E-state index in [2.05, 4.69) is 20.3 Å². The molecule has 0 fully saturated rings. The molecule has 8 heteroatoms. The number of hydrogen-bond donors (Lipinski definition) is 2. The molecular formula is C14H10ClN5O2. The lowest BCUT2D eigenvalue weighted by atomic mass is 10.3. The third kappa shape index (κ3) is 3.04. The van der Waals surface area contributed by atoms with Crippen LogP contribution < -0.4 is 11.1 Å². The number of primary amides is 1. The number of hydrogen-bond acceptors (Lipinski definition) is 6. The van der Waals surface area contributed by atoms with Gasteiger partial charge in [-0.15, -0.1) is 0 Å². The number of oxazole rings is 1. The summed E-state index contributed by atoms with van der Waals surface area (Å²) in [4.78, 5) is 23.1. The van der Waals surface area contributed by atoms with E-state index < -0.39 is 5.91 Å². The number of pyridine rings is 2. The van der Waals surface area contributed by atoms with Crippen molar-refractivity contribution in [3.05, 3.63) is 53.6 Å². The normalized spacial score (nSPS) is 10.4. The van der Waals surface area contributed by atoms with Crippen LogP contribution in [0.3, 0.4) is 0 Å². The molecular weight excluding hydrogens is 306 g/mol. The fraction of sp³-hybridized carbons (Fsp3) is 0. The molecule has 3 aromatic rings. The molecule has 3 rings (SSSR count). The van der Waals surface area contributed by atoms with E-state index in [1.807, 2.05) is 0 Å². The minimum absolute atomic E-state index is 0.184. The Morgan fingerprint density at radius 2 is 1.95 bits per heavy atom. The van der Waals surface area contributed by atoms with Crippen molar-refractivity contribution in [1.29, 1.82) is 0 Å². The Morgan fingerprint density at radius 3 is 2.59 bits per heavy atom. The zero-order chi connectivity index (χ0) is 15.5. The highest BCUT2D eigenvalue weighted by molar-refractivity contribution is 6.30. The molecule has 0 aromatic carbocycles. The molecule has 110 valence electrons. The molecule has 0 bridgehead atoms. The number of nitrogens with one attached hydrogen (secondary N) is 1. The monoisotopic (exact) mass is 315 g/mol. The maximum Gasteiger partial charge on any atom is 0.299 e. The summed E-state index contributed by atoms with van der Waals surface area (Å²) in [6.45, 7) is 0. The van der Waals surface area contributed by atoms with Gasteiger partial charge >= 0.3 is 0 Å². The van der Waals surface area contributed by atoms with Crippen LogP contribution in [0.4, 0.5) is 11.7 Å². The lowest BCUT2D eigenvalue weighted by Gasteiger charge is -2.01. The molecule has 0 radical (unpaired) electrons. The second-order valence-electron chi connectivity index (χ2n) is 4.31. The van der Waals surface area contributed by atoms with Crippen LogP contribution in [0.1, 0.15) is 10.5 Å². The van der Waals surface area contributed by atoms with E-state index in [1.54, 1.807) is 24.4 Å². The Hall–Kier alpha value is -2.93. The molecule has 1 amide bonds. The number of carbonyl (C=O) groups excluding carboxylic acids is 1. The highest BCUT2D eigenvalue weighted by Gasteiger charge is 2.08. The van der Waals surface area contributed by atoms with Gasteiger partial charge in [0.15, 0.2) is 5.76 Å². The molecule has 3 N–H and O–H groups in total. The third-order valence-electron chi connectivity index (χ3n) is 2.75. The molecule has 3 heterocycles. The minimum Gasteiger partial charge on any atom is -0.422 e. The van der Waals surface area contributed by atoms with Crippen molar-refractivity contribution >= 4 is 29.2 Å². The standard InChI is InChI=1S/C14H10ClN5O2/c15-8-1-3-10(17-5-8)12-7-19-14(22-12)20-9-2-4-11(13(16)21)18-6-9/h1-7H,(H2,16,21)(H,19,20). The molecule has 0 saturated heterocycles. The van der Waals surface area contributed by atoms with Gasteiger partial charge in [-0.2, -0.15) is 0 Å². The van der Waals surface area contributed by atoms with Gasteiger partial charge in [-0.1, -0.05) is 11.6 Å². The number of amides is 1. The van der Waals surface area contributed by atoms with Gasteiger partial charge in [0.25, 0.3) is 11.9 Å². The van der Waals surface area contributed by atoms with Gasteiger partial charge in [0, 0.05) is 6.20 Å². The predicted octanol–water partition coefficient (Wildman–Crippen LogP) is 2.63. The molecule has 0 aliphatic carbocycles. The van der Waals surface area contributed by atoms with Crippen LogP contribution in [-0.4, -0.2) is 20.9 Å². The molecule has 0 atom stereocenters. The Bertz CT molecular complexity index is 799. The van der Waals surface area contributed by atoms with E-state index in [9.17, 15) is 4.79 Å². The highest BCUT2D eigenvalue weighted by Crippen LogP contribution is 2.23. The van der Waals surface area contributed by atoms with E-state index in [0.717, 1.165) is 0 Å². The summed E-state index contributed by atoms with van der Waals surface area (Å²) in [5.41, 5.74) is 6.54. The van der Waals surface area contributed by atoms with Crippen LogP contribution in [0.5, 0.6) is 0 Å². The minimum atomic E-state index is -0.584. The van der Waals surface area contributed by atoms with Crippen LogP contribution >= 0.6 is 11.6 Å². The molecule has 0 spiro atoms. The average molecular weight is 316 g/mol. The average Bonchev–Trinajstić information content (AvgIpc) is 2.97. The van der Waals surface area contributed by atoms with Crippen molar-refractivity contribution in [1.82, 2.24) is 15.0 Å². The van der Waals surface area contributed by atoms with Crippen LogP contribution in [0.25, 0.3) is 11.5 Å². The van der Waals surface area contributed by atoms with Crippen molar-refractivity contribution in [3.8, 4) is 11.5 Å². The highest BCUT2D eigenvalue weighted by atomic mass is 35.5. The molecule has 3 aromatic heterocycles. The lowest BCUT2D eigenvalue weighted by Crippen LogP contribution is -2.12. The van der Waals surface area contributed by atoms with E-state index in [4.69, 9.17) is 21.8 Å². The summed E-state index contributed by atoms with van der Waals surface area (Å²) < 4.78 is 5.54. The number of rotatable bonds is 4. The molecule has 7 nitrogen and oxygen atoms in total. The fourth-order valence-corrected chi connectivity index (χ4v) is 1.82. The van der Waals surface area contributed by atoms with Gasteiger partial charge in [-0.25, -0.2) is 9.97 Å². The smallest absolute Gasteiger partial charge is 0.299 e. The molecule has 0 aliphatic rings. The number of nitrogens with two attached hydrogens (primary N) is 1. The third-order valence-corrected chi connectivity index (χ3v) is 2.98. The van der Waals surface area contributed by atoms with Crippen LogP contribution in [0, 0.1) is 0 Å². The van der Waals surface area contributed by atoms with Gasteiger partial charge < -0.3 is 15.5 Å². The first-order valence-corrected chi connectivity index (χ1v) is 6.60. The van der Waals surface area contributed by atoms with Crippen molar-refractivity contribution in [2.75, 3.05) is 5.32 Å². The molecule has 0 aliphatic heterocycles. The number of nitrogens with zero attached hydrogens (tertiary/aromatic N) is 3. The Balaban J connectivity index is 1.76. The second-order valence-corrected chi connectivity index (χ2v) is 4.75. The maximum absolute atomic E-state index is 10.9. The number of halogens is 1. The fourth-order valence-electron chi connectivity index (χ4n) is 1.71. The van der Waals surface area contributed by atoms with E-state index >= 15 is 0 Å². The van der Waals surface area contributed by atoms with Crippen LogP contribution in [0.2, 0.25) is 5.02 Å². The van der Waals surface area contributed by atoms with Crippen molar-refractivity contribution < 1.29 is 9.21 Å². The largest absolute Gasteiger partial charge is 0.422 e. The first-order chi connectivity index (χ1) is 10.6. The van der Waals surface area contributed by atoms with Gasteiger partial charge in [0.2, 0.25) is 0 Å². The van der Waals surface area contributed by atoms with Crippen molar-refractivity contribution in [2.24, 2.45) is 5.73 Å². The summed E-state index contributed by atoms with van der Waals surface area (Å²) in [7, 11) is 0. The first-order valence-electron chi connectivity index (χ1n) is 6.22. The summed E-state index contributed by atoms with van der Waals surface area (Å²) in [6, 6.07) is 6.88. The number of aromatic nitrogens is 3. The topological polar surface area (TPSA) is 107 Å². The van der Waals surface area contributed by atoms with Crippen molar-refractivity contribution in [3.63, 3.8) is 0 Å². The maximum atomic E-state index is 10.9. The van der Waals surface area contributed by atoms with Gasteiger partial charge in [0.05, 0.1) is 23.1 Å². The predicted molar refractivity (Wildman–Crippen MR) is 80.8 cm³/mol. The summed E-state index contributed by atoms with van der Waals surface area (Å²) in [5.74, 6) is -0.0837. The van der Waals surface area contributed by atoms with Crippen LogP contribution in [0.15, 0.2) is 47.3 Å². The Morgan fingerprint density at radius 1 is 1.09 bits per heavy atom. The van der Waals surface area contributed by atoms with Gasteiger partial charge in [-0.3, -0.25) is 9.78 Å². The van der Waals surface area contributed by atoms with E-state index in [-0.39, 0.29) is 11.7 Å². The molecule has 22 heavy (non-hydrogen) atoms. The SMILES string of the molecule is NC(=O)c1ccc(Nc2ncc(-c3ccc(Cl)cn3)o2)cn1. The zero-order valence-corrected chi connectivity index (χ0v) is 11.9. The quantitative estimate of drug-likeness (QED) is 0.766. The number of carbonyl (C=O) groups is 1. The van der Waals surface area contributed by atoms with Crippen LogP contribution in [-0.2, 0) is 0 Å². The first kappa shape index (κ1) is 14.0. The lowest BCUT2D eigenvalue weighted by molar-refractivity contribution is 0.0995. The summed E-state index contributed by atoms with van der Waals surface area (Å²) >= 11 is 5.79. The van der Waals surface area contributed by atoms with E-state index in [1.165, 1.54) is 18.5 Å².